The summed E-state index contributed by atoms with van der Waals surface area (Å²) in [5.41, 5.74) is 2.78. The zero-order valence-electron chi connectivity index (χ0n) is 16.3. The number of nitrogens with one attached hydrogen (secondary N) is 3. The van der Waals surface area contributed by atoms with Crippen LogP contribution in [0.4, 0.5) is 0 Å². The highest BCUT2D eigenvalue weighted by Crippen LogP contribution is 2.28. The van der Waals surface area contributed by atoms with E-state index < -0.39 is 6.04 Å². The molecule has 0 aromatic heterocycles. The van der Waals surface area contributed by atoms with Gasteiger partial charge in [-0.15, -0.1) is 0 Å². The molecule has 0 bridgehead atoms. The molecule has 4 rings (SSSR count). The monoisotopic (exact) mass is 384 g/mol. The van der Waals surface area contributed by atoms with E-state index in [0.717, 1.165) is 30.8 Å². The van der Waals surface area contributed by atoms with Gasteiger partial charge in [0.05, 0.1) is 0 Å². The van der Waals surface area contributed by atoms with Crippen LogP contribution >= 0.6 is 0 Å². The van der Waals surface area contributed by atoms with Crippen LogP contribution in [-0.2, 0) is 22.7 Å². The van der Waals surface area contributed by atoms with Crippen molar-refractivity contribution in [2.45, 2.75) is 57.8 Å². The summed E-state index contributed by atoms with van der Waals surface area (Å²) in [6, 6.07) is 5.96. The maximum Gasteiger partial charge on any atom is 0.255 e. The number of piperidine rings is 2. The summed E-state index contributed by atoms with van der Waals surface area (Å²) in [6.07, 6.45) is 3.08. The minimum Gasteiger partial charge on any atom is -0.322 e. The quantitative estimate of drug-likeness (QED) is 0.657. The maximum atomic E-state index is 12.7. The number of amides is 3. The fourth-order valence-corrected chi connectivity index (χ4v) is 4.58. The van der Waals surface area contributed by atoms with Gasteiger partial charge in [0.1, 0.15) is 6.04 Å². The van der Waals surface area contributed by atoms with Gasteiger partial charge >= 0.3 is 0 Å². The predicted octanol–water partition coefficient (Wildman–Crippen LogP) is 0.925. The van der Waals surface area contributed by atoms with Crippen LogP contribution in [0, 0.1) is 5.92 Å². The van der Waals surface area contributed by atoms with Crippen LogP contribution in [0.3, 0.4) is 0 Å². The Hall–Kier alpha value is -2.25. The first-order valence-electron chi connectivity index (χ1n) is 10.2. The third kappa shape index (κ3) is 3.95. The molecule has 150 valence electrons. The summed E-state index contributed by atoms with van der Waals surface area (Å²) in [6.45, 7) is 5.53. The summed E-state index contributed by atoms with van der Waals surface area (Å²) < 4.78 is 0. The van der Waals surface area contributed by atoms with E-state index in [0.29, 0.717) is 30.5 Å². The molecule has 3 amide bonds. The largest absolute Gasteiger partial charge is 0.322 e. The second-order valence-corrected chi connectivity index (χ2v) is 8.27. The Morgan fingerprint density at radius 3 is 2.86 bits per heavy atom. The first kappa shape index (κ1) is 19.1. The van der Waals surface area contributed by atoms with Crippen molar-refractivity contribution in [3.8, 4) is 0 Å². The molecule has 2 fully saturated rings. The topological polar surface area (TPSA) is 90.5 Å². The van der Waals surface area contributed by atoms with Gasteiger partial charge in [-0.05, 0) is 62.4 Å². The molecule has 3 aliphatic heterocycles. The van der Waals surface area contributed by atoms with E-state index in [1.165, 1.54) is 12.8 Å². The van der Waals surface area contributed by atoms with Gasteiger partial charge in [-0.1, -0.05) is 12.1 Å². The molecule has 0 spiro atoms. The summed E-state index contributed by atoms with van der Waals surface area (Å²) in [5, 5.41) is 9.37. The lowest BCUT2D eigenvalue weighted by Gasteiger charge is -2.29. The van der Waals surface area contributed by atoms with E-state index in [1.54, 1.807) is 4.90 Å². The summed E-state index contributed by atoms with van der Waals surface area (Å²) in [7, 11) is 0. The molecular formula is C21H28N4O3. The minimum absolute atomic E-state index is 0.118. The summed E-state index contributed by atoms with van der Waals surface area (Å²) in [5.74, 6) is -0.0413. The molecule has 3 aliphatic rings. The van der Waals surface area contributed by atoms with E-state index in [9.17, 15) is 14.4 Å². The Morgan fingerprint density at radius 1 is 1.21 bits per heavy atom. The molecule has 1 aromatic rings. The SMILES string of the molecule is CC1CC(CNCc2ccc3c(c2)CN(C2CCC(=O)NC2=O)C3=O)CCN1. The Bertz CT molecular complexity index is 794. The second kappa shape index (κ2) is 8.01. The number of nitrogens with zero attached hydrogens (tertiary/aromatic N) is 1. The van der Waals surface area contributed by atoms with Crippen molar-refractivity contribution >= 4 is 17.7 Å². The maximum absolute atomic E-state index is 12.7. The van der Waals surface area contributed by atoms with Gasteiger partial charge in [0.2, 0.25) is 11.8 Å². The average molecular weight is 384 g/mol. The number of hydrogen-bond donors (Lipinski definition) is 3. The summed E-state index contributed by atoms with van der Waals surface area (Å²) >= 11 is 0. The molecule has 28 heavy (non-hydrogen) atoms. The van der Waals surface area contributed by atoms with Gasteiger partial charge < -0.3 is 15.5 Å². The van der Waals surface area contributed by atoms with Gasteiger partial charge in [0.25, 0.3) is 5.91 Å². The highest BCUT2D eigenvalue weighted by molar-refractivity contribution is 6.05. The molecule has 2 saturated heterocycles. The third-order valence-electron chi connectivity index (χ3n) is 6.08. The molecule has 7 heteroatoms. The van der Waals surface area contributed by atoms with Crippen LogP contribution in [0.2, 0.25) is 0 Å². The lowest BCUT2D eigenvalue weighted by Crippen LogP contribution is -2.52. The number of carbonyl (C=O) groups is 3. The van der Waals surface area contributed by atoms with Gasteiger partial charge in [0.15, 0.2) is 0 Å². The van der Waals surface area contributed by atoms with Crippen molar-refractivity contribution in [2.75, 3.05) is 13.1 Å². The molecule has 0 radical (unpaired) electrons. The Labute approximate surface area is 165 Å². The van der Waals surface area contributed by atoms with Crippen LogP contribution < -0.4 is 16.0 Å². The Balaban J connectivity index is 1.35. The zero-order chi connectivity index (χ0) is 19.7. The second-order valence-electron chi connectivity index (χ2n) is 8.27. The molecule has 7 nitrogen and oxygen atoms in total. The van der Waals surface area contributed by atoms with Crippen LogP contribution in [0.25, 0.3) is 0 Å². The minimum atomic E-state index is -0.555. The number of rotatable bonds is 5. The van der Waals surface area contributed by atoms with E-state index in [-0.39, 0.29) is 24.1 Å². The van der Waals surface area contributed by atoms with Crippen LogP contribution in [0.15, 0.2) is 18.2 Å². The first-order valence-corrected chi connectivity index (χ1v) is 10.2. The Morgan fingerprint density at radius 2 is 2.07 bits per heavy atom. The Kier molecular flexibility index (Phi) is 5.46. The molecule has 3 N–H and O–H groups in total. The lowest BCUT2D eigenvalue weighted by molar-refractivity contribution is -0.136. The average Bonchev–Trinajstić information content (AvgIpc) is 2.98. The fourth-order valence-electron chi connectivity index (χ4n) is 4.58. The van der Waals surface area contributed by atoms with Crippen molar-refractivity contribution < 1.29 is 14.4 Å². The van der Waals surface area contributed by atoms with E-state index in [2.05, 4.69) is 28.9 Å². The van der Waals surface area contributed by atoms with E-state index >= 15 is 0 Å². The van der Waals surface area contributed by atoms with E-state index in [1.807, 2.05) is 12.1 Å². The number of fused-ring (bicyclic) bond motifs is 1. The fraction of sp³-hybridized carbons (Fsp3) is 0.571. The van der Waals surface area contributed by atoms with Gasteiger partial charge in [0, 0.05) is 31.1 Å². The molecule has 3 atom stereocenters. The van der Waals surface area contributed by atoms with Gasteiger partial charge in [-0.25, -0.2) is 0 Å². The standard InChI is InChI=1S/C21H28N4O3/c1-13-8-15(6-7-23-13)11-22-10-14-2-3-17-16(9-14)12-25(21(17)28)18-4-5-19(26)24-20(18)27/h2-3,9,13,15,18,22-23H,4-8,10-12H2,1H3,(H,24,26,27). The molecule has 0 aliphatic carbocycles. The van der Waals surface area contributed by atoms with Gasteiger partial charge in [-0.2, -0.15) is 0 Å². The zero-order valence-corrected chi connectivity index (χ0v) is 16.3. The normalized spacial score (nSPS) is 27.7. The van der Waals surface area contributed by atoms with Crippen molar-refractivity contribution in [1.82, 2.24) is 20.9 Å². The van der Waals surface area contributed by atoms with E-state index in [4.69, 9.17) is 0 Å². The first-order chi connectivity index (χ1) is 13.5. The molecule has 3 heterocycles. The predicted molar refractivity (Wildman–Crippen MR) is 104 cm³/mol. The third-order valence-corrected chi connectivity index (χ3v) is 6.08. The number of hydrogen-bond acceptors (Lipinski definition) is 5. The lowest BCUT2D eigenvalue weighted by atomic mass is 9.93. The summed E-state index contributed by atoms with van der Waals surface area (Å²) in [4.78, 5) is 37.8. The van der Waals surface area contributed by atoms with Crippen molar-refractivity contribution in [3.63, 3.8) is 0 Å². The molecular weight excluding hydrogens is 356 g/mol. The van der Waals surface area contributed by atoms with Crippen molar-refractivity contribution in [3.05, 3.63) is 34.9 Å². The van der Waals surface area contributed by atoms with Gasteiger partial charge in [-0.3, -0.25) is 19.7 Å². The molecule has 3 unspecified atom stereocenters. The van der Waals surface area contributed by atoms with Crippen molar-refractivity contribution in [1.29, 1.82) is 0 Å². The molecule has 1 aromatic carbocycles. The van der Waals surface area contributed by atoms with Crippen LogP contribution in [-0.4, -0.2) is 47.8 Å². The number of carbonyl (C=O) groups excluding carboxylic acids is 3. The van der Waals surface area contributed by atoms with Crippen LogP contribution in [0.5, 0.6) is 0 Å². The molecule has 0 saturated carbocycles. The number of imide groups is 1. The van der Waals surface area contributed by atoms with Crippen LogP contribution in [0.1, 0.15) is 54.1 Å². The highest BCUT2D eigenvalue weighted by atomic mass is 16.2. The van der Waals surface area contributed by atoms with Crippen molar-refractivity contribution in [2.24, 2.45) is 5.92 Å². The smallest absolute Gasteiger partial charge is 0.255 e. The highest BCUT2D eigenvalue weighted by Gasteiger charge is 2.39. The number of benzene rings is 1.